The smallest absolute Gasteiger partial charge is 0.128 e. The van der Waals surface area contributed by atoms with E-state index < -0.39 is 0 Å². The summed E-state index contributed by atoms with van der Waals surface area (Å²) in [6.45, 7) is 5.53. The molecular formula is C12H13N3Y-2. The van der Waals surface area contributed by atoms with Crippen LogP contribution >= 0.6 is 0 Å². The monoisotopic (exact) mass is 288 g/mol. The van der Waals surface area contributed by atoms with Crippen LogP contribution in [0.25, 0.3) is 6.08 Å². The summed E-state index contributed by atoms with van der Waals surface area (Å²) in [5.74, 6) is 2.12. The second kappa shape index (κ2) is 8.48. The van der Waals surface area contributed by atoms with Gasteiger partial charge in [0.25, 0.3) is 0 Å². The molecule has 0 fully saturated rings. The number of allylic oxidation sites excluding steroid dienone is 5. The van der Waals surface area contributed by atoms with Crippen LogP contribution in [0, 0.1) is 26.0 Å². The normalized spacial score (nSPS) is 11.4. The van der Waals surface area contributed by atoms with Crippen LogP contribution in [0.2, 0.25) is 0 Å². The number of hydrogen-bond acceptors (Lipinski definition) is 3. The van der Waals surface area contributed by atoms with Gasteiger partial charge >= 0.3 is 0 Å². The maximum Gasteiger partial charge on any atom is 0.128 e. The van der Waals surface area contributed by atoms with Crippen molar-refractivity contribution < 1.29 is 32.7 Å². The fourth-order valence-corrected chi connectivity index (χ4v) is 1.02. The first-order valence-corrected chi connectivity index (χ1v) is 4.66. The minimum atomic E-state index is 0. The molecule has 0 saturated carbocycles. The van der Waals surface area contributed by atoms with Crippen molar-refractivity contribution in [2.24, 2.45) is 0 Å². The molecule has 3 nitrogen and oxygen atoms in total. The SMILES string of the molecule is C[C-]=CC=[C-]/C=C/c1nc(C)nc(C)n1.[Y]. The second-order valence-corrected chi connectivity index (χ2v) is 2.91. The molecule has 0 unspecified atom stereocenters. The zero-order chi connectivity index (χ0) is 11.1. The molecule has 0 N–H and O–H groups in total. The van der Waals surface area contributed by atoms with Crippen molar-refractivity contribution in [3.63, 3.8) is 0 Å². The summed E-state index contributed by atoms with van der Waals surface area (Å²) in [7, 11) is 0. The molecule has 1 aromatic rings. The van der Waals surface area contributed by atoms with Crippen molar-refractivity contribution in [1.29, 1.82) is 0 Å². The minimum Gasteiger partial charge on any atom is -0.346 e. The van der Waals surface area contributed by atoms with Gasteiger partial charge < -0.3 is 18.2 Å². The first-order chi connectivity index (χ1) is 7.22. The van der Waals surface area contributed by atoms with Crippen LogP contribution < -0.4 is 0 Å². The molecule has 81 valence electrons. The van der Waals surface area contributed by atoms with Gasteiger partial charge in [-0.3, -0.25) is 6.08 Å². The van der Waals surface area contributed by atoms with E-state index in [9.17, 15) is 0 Å². The largest absolute Gasteiger partial charge is 0.346 e. The number of nitrogens with zero attached hydrogens (tertiary/aromatic N) is 3. The predicted octanol–water partition coefficient (Wildman–Crippen LogP) is 2.24. The standard InChI is InChI=1S/C12H13N3.Y/c1-4-5-6-7-8-9-12-14-10(2)13-11(3)15-12;/h5-6,8-9H,1-3H3;/q-2;/b9-8+;. The summed E-state index contributed by atoms with van der Waals surface area (Å²) in [6.07, 6.45) is 12.9. The Morgan fingerprint density at radius 2 is 1.62 bits per heavy atom. The third-order valence-electron chi connectivity index (χ3n) is 1.55. The fourth-order valence-electron chi connectivity index (χ4n) is 1.02. The number of aromatic nitrogens is 3. The van der Waals surface area contributed by atoms with E-state index in [4.69, 9.17) is 0 Å². The van der Waals surface area contributed by atoms with Gasteiger partial charge in [0.05, 0.1) is 0 Å². The number of rotatable bonds is 3. The van der Waals surface area contributed by atoms with Crippen LogP contribution in [0.5, 0.6) is 0 Å². The molecule has 1 aromatic heterocycles. The Bertz CT molecular complexity index is 388. The molecule has 0 spiro atoms. The van der Waals surface area contributed by atoms with Crippen molar-refractivity contribution in [3.8, 4) is 0 Å². The Kier molecular flexibility index (Phi) is 8.13. The van der Waals surface area contributed by atoms with Gasteiger partial charge in [0.1, 0.15) is 17.5 Å². The summed E-state index contributed by atoms with van der Waals surface area (Å²) in [4.78, 5) is 12.4. The molecule has 0 saturated heterocycles. The van der Waals surface area contributed by atoms with Crippen molar-refractivity contribution in [3.05, 3.63) is 47.9 Å². The summed E-state index contributed by atoms with van der Waals surface area (Å²) in [6, 6.07) is 0. The van der Waals surface area contributed by atoms with Gasteiger partial charge in [-0.05, 0) is 13.8 Å². The van der Waals surface area contributed by atoms with Gasteiger partial charge in [0.2, 0.25) is 0 Å². The quantitative estimate of drug-likeness (QED) is 0.632. The van der Waals surface area contributed by atoms with Crippen LogP contribution in [-0.2, 0) is 32.7 Å². The third kappa shape index (κ3) is 6.03. The molecule has 1 radical (unpaired) electrons. The summed E-state index contributed by atoms with van der Waals surface area (Å²) < 4.78 is 0. The molecule has 1 heterocycles. The van der Waals surface area contributed by atoms with E-state index in [1.165, 1.54) is 0 Å². The summed E-state index contributed by atoms with van der Waals surface area (Å²) in [5.41, 5.74) is 0. The summed E-state index contributed by atoms with van der Waals surface area (Å²) >= 11 is 0. The maximum atomic E-state index is 4.16. The molecule has 0 aliphatic carbocycles. The fraction of sp³-hybridized carbons (Fsp3) is 0.250. The summed E-state index contributed by atoms with van der Waals surface area (Å²) in [5, 5.41) is 0. The molecule has 0 aliphatic rings. The topological polar surface area (TPSA) is 38.7 Å². The van der Waals surface area contributed by atoms with E-state index in [0.29, 0.717) is 5.82 Å². The average Bonchev–Trinajstić information content (AvgIpc) is 2.16. The average molecular weight is 288 g/mol. The van der Waals surface area contributed by atoms with Crippen LogP contribution in [-0.4, -0.2) is 15.0 Å². The minimum absolute atomic E-state index is 0. The molecule has 0 aromatic carbocycles. The Labute approximate surface area is 122 Å². The van der Waals surface area contributed by atoms with E-state index in [1.54, 1.807) is 24.3 Å². The Morgan fingerprint density at radius 1 is 1.00 bits per heavy atom. The van der Waals surface area contributed by atoms with Gasteiger partial charge in [-0.2, -0.15) is 6.08 Å². The van der Waals surface area contributed by atoms with Crippen LogP contribution in [0.4, 0.5) is 0 Å². The predicted molar refractivity (Wildman–Crippen MR) is 59.6 cm³/mol. The van der Waals surface area contributed by atoms with E-state index >= 15 is 0 Å². The Morgan fingerprint density at radius 3 is 2.19 bits per heavy atom. The molecule has 4 heteroatoms. The second-order valence-electron chi connectivity index (χ2n) is 2.91. The molecule has 0 atom stereocenters. The van der Waals surface area contributed by atoms with Crippen molar-refractivity contribution in [2.75, 3.05) is 0 Å². The van der Waals surface area contributed by atoms with Gasteiger partial charge in [0, 0.05) is 32.7 Å². The Balaban J connectivity index is 0.00000225. The molecular weight excluding hydrogens is 275 g/mol. The van der Waals surface area contributed by atoms with E-state index in [2.05, 4.69) is 27.1 Å². The van der Waals surface area contributed by atoms with Crippen LogP contribution in [0.3, 0.4) is 0 Å². The van der Waals surface area contributed by atoms with Crippen LogP contribution in [0.1, 0.15) is 24.4 Å². The molecule has 16 heavy (non-hydrogen) atoms. The van der Waals surface area contributed by atoms with Crippen LogP contribution in [0.15, 0.2) is 18.2 Å². The molecule has 0 amide bonds. The molecule has 0 aliphatic heterocycles. The van der Waals surface area contributed by atoms with Crippen molar-refractivity contribution in [1.82, 2.24) is 15.0 Å². The van der Waals surface area contributed by atoms with Gasteiger partial charge in [0.15, 0.2) is 0 Å². The zero-order valence-corrected chi connectivity index (χ0v) is 12.6. The number of hydrogen-bond donors (Lipinski definition) is 0. The van der Waals surface area contributed by atoms with Gasteiger partial charge in [-0.25, -0.2) is 15.0 Å². The first kappa shape index (κ1) is 15.3. The van der Waals surface area contributed by atoms with E-state index in [1.807, 2.05) is 20.8 Å². The number of aryl methyl sites for hydroxylation is 2. The molecule has 0 bridgehead atoms. The van der Waals surface area contributed by atoms with E-state index in [0.717, 1.165) is 11.6 Å². The van der Waals surface area contributed by atoms with Gasteiger partial charge in [-0.1, -0.05) is 0 Å². The zero-order valence-electron chi connectivity index (χ0n) is 9.73. The van der Waals surface area contributed by atoms with Crippen molar-refractivity contribution in [2.45, 2.75) is 20.8 Å². The maximum absolute atomic E-state index is 4.16. The van der Waals surface area contributed by atoms with E-state index in [-0.39, 0.29) is 32.7 Å². The third-order valence-corrected chi connectivity index (χ3v) is 1.55. The Hall–Kier alpha value is -0.666. The van der Waals surface area contributed by atoms with Crippen molar-refractivity contribution >= 4 is 6.08 Å². The van der Waals surface area contributed by atoms with Gasteiger partial charge in [-0.15, -0.1) is 13.0 Å². The first-order valence-electron chi connectivity index (χ1n) is 4.66. The molecule has 1 rings (SSSR count).